The van der Waals surface area contributed by atoms with E-state index < -0.39 is 0 Å². The lowest BCUT2D eigenvalue weighted by molar-refractivity contribution is 0.251. The van der Waals surface area contributed by atoms with E-state index in [0.717, 1.165) is 22.8 Å². The average Bonchev–Trinajstić information content (AvgIpc) is 3.17. The molecule has 3 aromatic rings. The zero-order valence-corrected chi connectivity index (χ0v) is 12.5. The van der Waals surface area contributed by atoms with Crippen molar-refractivity contribution in [2.75, 3.05) is 5.32 Å². The van der Waals surface area contributed by atoms with Crippen molar-refractivity contribution in [3.63, 3.8) is 0 Å². The summed E-state index contributed by atoms with van der Waals surface area (Å²) in [4.78, 5) is 19.9. The number of carbonyl (C=O) groups excluding carboxylic acids is 1. The average molecular weight is 315 g/mol. The Morgan fingerprint density at radius 3 is 2.95 bits per heavy atom. The molecule has 0 unspecified atom stereocenters. The van der Waals surface area contributed by atoms with Gasteiger partial charge in [-0.1, -0.05) is 18.2 Å². The summed E-state index contributed by atoms with van der Waals surface area (Å²) in [6, 6.07) is 7.32. The highest BCUT2D eigenvalue weighted by atomic mass is 32.1. The van der Waals surface area contributed by atoms with Crippen LogP contribution in [0.1, 0.15) is 11.4 Å². The fourth-order valence-electron chi connectivity index (χ4n) is 1.88. The van der Waals surface area contributed by atoms with E-state index in [0.29, 0.717) is 17.5 Å². The molecule has 112 valence electrons. The molecule has 8 nitrogen and oxygen atoms in total. The number of nitrogens with one attached hydrogen (secondary N) is 2. The number of urea groups is 1. The first-order valence-electron chi connectivity index (χ1n) is 6.50. The van der Waals surface area contributed by atoms with Crippen molar-refractivity contribution in [1.82, 2.24) is 29.4 Å². The minimum atomic E-state index is -0.329. The predicted octanol–water partition coefficient (Wildman–Crippen LogP) is 1.75. The molecular weight excluding hydrogens is 302 g/mol. The highest BCUT2D eigenvalue weighted by molar-refractivity contribution is 7.09. The van der Waals surface area contributed by atoms with Gasteiger partial charge in [-0.05, 0) is 18.6 Å². The van der Waals surface area contributed by atoms with Gasteiger partial charge in [-0.25, -0.2) is 19.4 Å². The Kier molecular flexibility index (Phi) is 4.05. The summed E-state index contributed by atoms with van der Waals surface area (Å²) < 4.78 is 5.66. The Bertz CT molecular complexity index is 768. The molecule has 3 rings (SSSR count). The number of hydrogen-bond donors (Lipinski definition) is 2. The Labute approximate surface area is 130 Å². The Hall–Kier alpha value is -2.81. The van der Waals surface area contributed by atoms with Crippen LogP contribution in [0.15, 0.2) is 36.9 Å². The quantitative estimate of drug-likeness (QED) is 0.764. The van der Waals surface area contributed by atoms with Gasteiger partial charge in [-0.3, -0.25) is 5.32 Å². The summed E-state index contributed by atoms with van der Waals surface area (Å²) in [7, 11) is 0. The molecule has 0 aliphatic heterocycles. The lowest BCUT2D eigenvalue weighted by Gasteiger charge is -2.10. The molecule has 9 heteroatoms. The summed E-state index contributed by atoms with van der Waals surface area (Å²) in [6.45, 7) is 2.13. The zero-order valence-electron chi connectivity index (χ0n) is 11.7. The molecule has 22 heavy (non-hydrogen) atoms. The van der Waals surface area contributed by atoms with Gasteiger partial charge in [0.2, 0.25) is 5.13 Å². The van der Waals surface area contributed by atoms with Crippen LogP contribution in [0, 0.1) is 6.92 Å². The standard InChI is InChI=1S/C13H13N7OS/c1-9-17-13(22-19-9)18-12(21)15-6-10-4-2-3-5-11(10)20-8-14-7-16-20/h2-5,7-8H,6H2,1H3,(H2,15,17,18,19,21). The van der Waals surface area contributed by atoms with E-state index >= 15 is 0 Å². The van der Waals surface area contributed by atoms with Crippen LogP contribution < -0.4 is 10.6 Å². The molecule has 2 heterocycles. The van der Waals surface area contributed by atoms with Gasteiger partial charge in [0.05, 0.1) is 5.69 Å². The number of rotatable bonds is 4. The number of amides is 2. The molecule has 2 aromatic heterocycles. The summed E-state index contributed by atoms with van der Waals surface area (Å²) in [5.41, 5.74) is 1.80. The number of benzene rings is 1. The first-order valence-corrected chi connectivity index (χ1v) is 7.28. The molecule has 0 atom stereocenters. The number of nitrogens with zero attached hydrogens (tertiary/aromatic N) is 5. The topological polar surface area (TPSA) is 97.6 Å². The third kappa shape index (κ3) is 3.26. The van der Waals surface area contributed by atoms with Gasteiger partial charge in [0.25, 0.3) is 0 Å². The number of carbonyl (C=O) groups is 1. The van der Waals surface area contributed by atoms with Gasteiger partial charge in [-0.15, -0.1) is 0 Å². The maximum absolute atomic E-state index is 11.9. The first-order chi connectivity index (χ1) is 10.7. The molecule has 1 aromatic carbocycles. The fourth-order valence-corrected chi connectivity index (χ4v) is 2.45. The van der Waals surface area contributed by atoms with Gasteiger partial charge in [0.1, 0.15) is 18.5 Å². The minimum Gasteiger partial charge on any atom is -0.334 e. The summed E-state index contributed by atoms with van der Waals surface area (Å²) in [6.07, 6.45) is 3.08. The maximum atomic E-state index is 11.9. The van der Waals surface area contributed by atoms with Crippen LogP contribution in [0.3, 0.4) is 0 Å². The van der Waals surface area contributed by atoms with E-state index in [1.54, 1.807) is 17.9 Å². The van der Waals surface area contributed by atoms with E-state index in [1.807, 2.05) is 24.3 Å². The van der Waals surface area contributed by atoms with Crippen molar-refractivity contribution in [2.45, 2.75) is 13.5 Å². The second-order valence-electron chi connectivity index (χ2n) is 4.42. The van der Waals surface area contributed by atoms with Crippen LogP contribution >= 0.6 is 11.5 Å². The Balaban J connectivity index is 1.65. The minimum absolute atomic E-state index is 0.329. The third-order valence-electron chi connectivity index (χ3n) is 2.84. The highest BCUT2D eigenvalue weighted by Crippen LogP contribution is 2.13. The Morgan fingerprint density at radius 1 is 1.36 bits per heavy atom. The highest BCUT2D eigenvalue weighted by Gasteiger charge is 2.08. The largest absolute Gasteiger partial charge is 0.334 e. The molecule has 0 fully saturated rings. The summed E-state index contributed by atoms with van der Waals surface area (Å²) in [5.74, 6) is 0.636. The summed E-state index contributed by atoms with van der Waals surface area (Å²) >= 11 is 1.15. The van der Waals surface area contributed by atoms with Crippen molar-refractivity contribution in [3.05, 3.63) is 48.3 Å². The zero-order chi connectivity index (χ0) is 15.4. The smallest absolute Gasteiger partial charge is 0.321 e. The van der Waals surface area contributed by atoms with E-state index in [1.165, 1.54) is 6.33 Å². The Morgan fingerprint density at radius 2 is 2.23 bits per heavy atom. The van der Waals surface area contributed by atoms with Crippen LogP contribution in [0.25, 0.3) is 5.69 Å². The number of para-hydroxylation sites is 1. The van der Waals surface area contributed by atoms with Crippen molar-refractivity contribution in [2.24, 2.45) is 0 Å². The normalized spacial score (nSPS) is 10.4. The van der Waals surface area contributed by atoms with Gasteiger partial charge in [0.15, 0.2) is 0 Å². The molecule has 2 amide bonds. The predicted molar refractivity (Wildman–Crippen MR) is 81.9 cm³/mol. The molecule has 0 saturated carbocycles. The lowest BCUT2D eigenvalue weighted by atomic mass is 10.2. The van der Waals surface area contributed by atoms with Gasteiger partial charge in [-0.2, -0.15) is 9.47 Å². The molecule has 0 aliphatic carbocycles. The van der Waals surface area contributed by atoms with Crippen molar-refractivity contribution < 1.29 is 4.79 Å². The van der Waals surface area contributed by atoms with Crippen molar-refractivity contribution >= 4 is 22.7 Å². The first kappa shape index (κ1) is 14.1. The third-order valence-corrected chi connectivity index (χ3v) is 3.57. The molecule has 0 spiro atoms. The molecule has 0 radical (unpaired) electrons. The number of aryl methyl sites for hydroxylation is 1. The molecule has 0 saturated heterocycles. The van der Waals surface area contributed by atoms with Crippen LogP contribution in [-0.2, 0) is 6.54 Å². The number of anilines is 1. The monoisotopic (exact) mass is 315 g/mol. The molecular formula is C13H13N7OS. The van der Waals surface area contributed by atoms with E-state index in [2.05, 4.69) is 30.1 Å². The second kappa shape index (κ2) is 6.31. The summed E-state index contributed by atoms with van der Waals surface area (Å²) in [5, 5.41) is 10.0. The fraction of sp³-hybridized carbons (Fsp3) is 0.154. The van der Waals surface area contributed by atoms with Gasteiger partial charge < -0.3 is 5.32 Å². The van der Waals surface area contributed by atoms with E-state index in [4.69, 9.17) is 0 Å². The number of aromatic nitrogens is 5. The van der Waals surface area contributed by atoms with Crippen LogP contribution in [0.4, 0.5) is 9.93 Å². The lowest BCUT2D eigenvalue weighted by Crippen LogP contribution is -2.28. The molecule has 0 aliphatic rings. The second-order valence-corrected chi connectivity index (χ2v) is 5.18. The van der Waals surface area contributed by atoms with Crippen molar-refractivity contribution in [3.8, 4) is 5.69 Å². The molecule has 0 bridgehead atoms. The number of hydrogen-bond acceptors (Lipinski definition) is 6. The van der Waals surface area contributed by atoms with Gasteiger partial charge in [0, 0.05) is 18.1 Å². The van der Waals surface area contributed by atoms with Crippen LogP contribution in [0.5, 0.6) is 0 Å². The SMILES string of the molecule is Cc1nsc(NC(=O)NCc2ccccc2-n2cncn2)n1. The van der Waals surface area contributed by atoms with E-state index in [9.17, 15) is 4.79 Å². The molecule has 2 N–H and O–H groups in total. The van der Waals surface area contributed by atoms with Crippen LogP contribution in [-0.4, -0.2) is 30.2 Å². The van der Waals surface area contributed by atoms with Crippen molar-refractivity contribution in [1.29, 1.82) is 0 Å². The van der Waals surface area contributed by atoms with E-state index in [-0.39, 0.29) is 6.03 Å². The van der Waals surface area contributed by atoms with Crippen LogP contribution in [0.2, 0.25) is 0 Å². The maximum Gasteiger partial charge on any atom is 0.321 e. The van der Waals surface area contributed by atoms with Gasteiger partial charge >= 0.3 is 6.03 Å².